The SMILES string of the molecule is Cc1cc(NC(=O)C2CCN(C(=O)c3cccc(S(=O)(=O)NCC4CCCO4)c3)CC2)no1. The van der Waals surface area contributed by atoms with E-state index in [9.17, 15) is 18.0 Å². The average Bonchev–Trinajstić information content (AvgIpc) is 3.49. The van der Waals surface area contributed by atoms with Gasteiger partial charge >= 0.3 is 0 Å². The fourth-order valence-electron chi connectivity index (χ4n) is 4.07. The minimum absolute atomic E-state index is 0.0449. The van der Waals surface area contributed by atoms with Crippen molar-refractivity contribution < 1.29 is 27.3 Å². The summed E-state index contributed by atoms with van der Waals surface area (Å²) in [6.07, 6.45) is 2.66. The Morgan fingerprint density at radius 2 is 1.97 bits per heavy atom. The summed E-state index contributed by atoms with van der Waals surface area (Å²) in [4.78, 5) is 27.1. The predicted octanol–water partition coefficient (Wildman–Crippen LogP) is 1.93. The lowest BCUT2D eigenvalue weighted by atomic mass is 9.95. The van der Waals surface area contributed by atoms with Crippen LogP contribution in [0.2, 0.25) is 0 Å². The quantitative estimate of drug-likeness (QED) is 0.624. The van der Waals surface area contributed by atoms with Gasteiger partial charge in [-0.05, 0) is 50.8 Å². The minimum atomic E-state index is -3.75. The standard InChI is InChI=1S/C22H28N4O6S/c1-15-12-20(25-32-15)24-21(27)16-7-9-26(10-8-16)22(28)17-4-2-6-19(13-17)33(29,30)23-14-18-5-3-11-31-18/h2,4,6,12-13,16,18,23H,3,5,7-11,14H2,1H3,(H,24,25,27). The van der Waals surface area contributed by atoms with E-state index in [0.29, 0.717) is 49.7 Å². The Kier molecular flexibility index (Phi) is 7.11. The number of amides is 2. The molecule has 0 spiro atoms. The van der Waals surface area contributed by atoms with Crippen molar-refractivity contribution in [3.05, 3.63) is 41.7 Å². The highest BCUT2D eigenvalue weighted by Gasteiger charge is 2.29. The molecule has 11 heteroatoms. The third-order valence-corrected chi connectivity index (χ3v) is 7.37. The molecule has 1 aromatic heterocycles. The van der Waals surface area contributed by atoms with Gasteiger partial charge in [-0.15, -0.1) is 0 Å². The van der Waals surface area contributed by atoms with Gasteiger partial charge in [-0.1, -0.05) is 11.2 Å². The molecule has 10 nitrogen and oxygen atoms in total. The van der Waals surface area contributed by atoms with E-state index in [1.165, 1.54) is 12.1 Å². The van der Waals surface area contributed by atoms with Gasteiger partial charge in [0.25, 0.3) is 5.91 Å². The summed E-state index contributed by atoms with van der Waals surface area (Å²) >= 11 is 0. The first kappa shape index (κ1) is 23.4. The Morgan fingerprint density at radius 1 is 1.18 bits per heavy atom. The molecule has 2 aliphatic rings. The number of rotatable bonds is 7. The normalized spacial score (nSPS) is 19.5. The fourth-order valence-corrected chi connectivity index (χ4v) is 5.18. The summed E-state index contributed by atoms with van der Waals surface area (Å²) in [6.45, 7) is 3.41. The zero-order valence-corrected chi connectivity index (χ0v) is 19.3. The lowest BCUT2D eigenvalue weighted by Gasteiger charge is -2.31. The van der Waals surface area contributed by atoms with Crippen molar-refractivity contribution in [3.8, 4) is 0 Å². The van der Waals surface area contributed by atoms with Crippen LogP contribution in [0.1, 0.15) is 41.8 Å². The topological polar surface area (TPSA) is 131 Å². The number of nitrogens with one attached hydrogen (secondary N) is 2. The van der Waals surface area contributed by atoms with E-state index in [-0.39, 0.29) is 35.3 Å². The van der Waals surface area contributed by atoms with Gasteiger partial charge in [0.15, 0.2) is 5.82 Å². The first-order valence-electron chi connectivity index (χ1n) is 11.1. The Hall–Kier alpha value is -2.76. The summed E-state index contributed by atoms with van der Waals surface area (Å²) in [5, 5.41) is 6.50. The molecule has 2 aliphatic heterocycles. The number of hydrogen-bond donors (Lipinski definition) is 2. The first-order chi connectivity index (χ1) is 15.8. The average molecular weight is 477 g/mol. The monoisotopic (exact) mass is 476 g/mol. The molecule has 0 radical (unpaired) electrons. The summed E-state index contributed by atoms with van der Waals surface area (Å²) in [5.74, 6) is 0.344. The van der Waals surface area contributed by atoms with E-state index in [0.717, 1.165) is 12.8 Å². The number of aryl methyl sites for hydroxylation is 1. The molecule has 4 rings (SSSR count). The molecule has 0 bridgehead atoms. The maximum Gasteiger partial charge on any atom is 0.253 e. The highest BCUT2D eigenvalue weighted by Crippen LogP contribution is 2.22. The van der Waals surface area contributed by atoms with Crippen LogP contribution in [0.4, 0.5) is 5.82 Å². The van der Waals surface area contributed by atoms with Gasteiger partial charge in [-0.25, -0.2) is 13.1 Å². The second kappa shape index (κ2) is 10.0. The van der Waals surface area contributed by atoms with E-state index in [4.69, 9.17) is 9.26 Å². The molecule has 1 atom stereocenters. The van der Waals surface area contributed by atoms with Gasteiger partial charge in [0, 0.05) is 43.8 Å². The largest absolute Gasteiger partial charge is 0.377 e. The maximum absolute atomic E-state index is 13.0. The highest BCUT2D eigenvalue weighted by atomic mass is 32.2. The molecular weight excluding hydrogens is 448 g/mol. The highest BCUT2D eigenvalue weighted by molar-refractivity contribution is 7.89. The molecule has 2 aromatic rings. The molecule has 2 amide bonds. The van der Waals surface area contributed by atoms with Crippen molar-refractivity contribution in [2.24, 2.45) is 5.92 Å². The molecule has 0 saturated carbocycles. The van der Waals surface area contributed by atoms with E-state index in [2.05, 4.69) is 15.2 Å². The summed E-state index contributed by atoms with van der Waals surface area (Å²) in [5.41, 5.74) is 0.302. The third-order valence-electron chi connectivity index (χ3n) is 5.95. The number of ether oxygens (including phenoxy) is 1. The molecule has 1 unspecified atom stereocenters. The van der Waals surface area contributed by atoms with Crippen LogP contribution in [-0.4, -0.2) is 62.6 Å². The molecule has 178 valence electrons. The molecule has 33 heavy (non-hydrogen) atoms. The molecule has 2 fully saturated rings. The zero-order valence-electron chi connectivity index (χ0n) is 18.5. The van der Waals surface area contributed by atoms with E-state index in [1.807, 2.05) is 0 Å². The van der Waals surface area contributed by atoms with Crippen molar-refractivity contribution >= 4 is 27.7 Å². The summed E-state index contributed by atoms with van der Waals surface area (Å²) in [6, 6.07) is 7.68. The van der Waals surface area contributed by atoms with Gasteiger partial charge in [0.05, 0.1) is 11.0 Å². The van der Waals surface area contributed by atoms with Crippen LogP contribution in [0.5, 0.6) is 0 Å². The number of likely N-dealkylation sites (tertiary alicyclic amines) is 1. The van der Waals surface area contributed by atoms with Crippen LogP contribution in [0.25, 0.3) is 0 Å². The summed E-state index contributed by atoms with van der Waals surface area (Å²) < 4.78 is 38.3. The van der Waals surface area contributed by atoms with E-state index >= 15 is 0 Å². The van der Waals surface area contributed by atoms with Gasteiger partial charge in [-0.2, -0.15) is 0 Å². The van der Waals surface area contributed by atoms with Crippen LogP contribution < -0.4 is 10.0 Å². The van der Waals surface area contributed by atoms with Gasteiger partial charge in [0.2, 0.25) is 15.9 Å². The number of anilines is 1. The fraction of sp³-hybridized carbons (Fsp3) is 0.500. The van der Waals surface area contributed by atoms with E-state index < -0.39 is 10.0 Å². The minimum Gasteiger partial charge on any atom is -0.377 e. The lowest BCUT2D eigenvalue weighted by Crippen LogP contribution is -2.41. The van der Waals surface area contributed by atoms with Crippen molar-refractivity contribution in [1.29, 1.82) is 0 Å². The van der Waals surface area contributed by atoms with Crippen LogP contribution in [-0.2, 0) is 19.6 Å². The third kappa shape index (κ3) is 5.79. The van der Waals surface area contributed by atoms with Crippen molar-refractivity contribution in [2.45, 2.75) is 43.6 Å². The number of benzene rings is 1. The molecule has 2 N–H and O–H groups in total. The van der Waals surface area contributed by atoms with Crippen LogP contribution >= 0.6 is 0 Å². The molecule has 1 aromatic carbocycles. The first-order valence-corrected chi connectivity index (χ1v) is 12.5. The molecule has 3 heterocycles. The van der Waals surface area contributed by atoms with Crippen LogP contribution in [0.15, 0.2) is 39.8 Å². The Balaban J connectivity index is 1.33. The van der Waals surface area contributed by atoms with Gasteiger partial charge < -0.3 is 19.5 Å². The molecule has 2 saturated heterocycles. The number of nitrogens with zero attached hydrogens (tertiary/aromatic N) is 2. The number of carbonyl (C=O) groups is 2. The molecular formula is C22H28N4O6S. The van der Waals surface area contributed by atoms with E-state index in [1.54, 1.807) is 30.0 Å². The molecule has 0 aliphatic carbocycles. The lowest BCUT2D eigenvalue weighted by molar-refractivity contribution is -0.121. The Morgan fingerprint density at radius 3 is 2.64 bits per heavy atom. The number of hydrogen-bond acceptors (Lipinski definition) is 7. The van der Waals surface area contributed by atoms with Crippen LogP contribution in [0.3, 0.4) is 0 Å². The number of piperidine rings is 1. The predicted molar refractivity (Wildman–Crippen MR) is 119 cm³/mol. The second-order valence-corrected chi connectivity index (χ2v) is 10.2. The Bertz CT molecular complexity index is 1100. The number of sulfonamides is 1. The second-order valence-electron chi connectivity index (χ2n) is 8.39. The smallest absolute Gasteiger partial charge is 0.253 e. The van der Waals surface area contributed by atoms with Crippen molar-refractivity contribution in [3.63, 3.8) is 0 Å². The number of carbonyl (C=O) groups excluding carboxylic acids is 2. The Labute approximate surface area is 192 Å². The van der Waals surface area contributed by atoms with Crippen molar-refractivity contribution in [2.75, 3.05) is 31.6 Å². The number of aromatic nitrogens is 1. The van der Waals surface area contributed by atoms with Crippen molar-refractivity contribution in [1.82, 2.24) is 14.8 Å². The van der Waals surface area contributed by atoms with Gasteiger partial charge in [0.1, 0.15) is 5.76 Å². The van der Waals surface area contributed by atoms with Crippen LogP contribution in [0, 0.1) is 12.8 Å². The van der Waals surface area contributed by atoms with Gasteiger partial charge in [-0.3, -0.25) is 9.59 Å². The summed E-state index contributed by atoms with van der Waals surface area (Å²) in [7, 11) is -3.75. The zero-order chi connectivity index (χ0) is 23.4. The maximum atomic E-state index is 13.0.